The van der Waals surface area contributed by atoms with Crippen molar-refractivity contribution in [2.45, 2.75) is 32.4 Å². The van der Waals surface area contributed by atoms with Gasteiger partial charge in [-0.2, -0.15) is 0 Å². The summed E-state index contributed by atoms with van der Waals surface area (Å²) in [6.07, 6.45) is 0.614. The first kappa shape index (κ1) is 13.3. The van der Waals surface area contributed by atoms with Crippen molar-refractivity contribution in [2.24, 2.45) is 0 Å². The maximum absolute atomic E-state index is 11.8. The largest absolute Gasteiger partial charge is 0.511 e. The highest BCUT2D eigenvalue weighted by atomic mass is 16.6. The zero-order valence-electron chi connectivity index (χ0n) is 10.4. The molecule has 1 rings (SSSR count). The number of rotatable bonds is 1. The summed E-state index contributed by atoms with van der Waals surface area (Å²) in [6.45, 7) is 5.12. The first-order chi connectivity index (χ1) is 7.74. The predicted octanol–water partition coefficient (Wildman–Crippen LogP) is 1.22. The molecule has 0 aliphatic carbocycles. The summed E-state index contributed by atoms with van der Waals surface area (Å²) in [7, 11) is 1.22. The highest BCUT2D eigenvalue weighted by molar-refractivity contribution is 5.84. The van der Waals surface area contributed by atoms with E-state index < -0.39 is 23.7 Å². The molecule has 1 aliphatic heterocycles. The molecule has 6 nitrogen and oxygen atoms in total. The third kappa shape index (κ3) is 3.37. The summed E-state index contributed by atoms with van der Waals surface area (Å²) in [5, 5.41) is 9.37. The van der Waals surface area contributed by atoms with Gasteiger partial charge in [-0.3, -0.25) is 4.90 Å². The fourth-order valence-corrected chi connectivity index (χ4v) is 1.41. The molecule has 0 aromatic heterocycles. The third-order valence-corrected chi connectivity index (χ3v) is 2.09. The molecule has 1 atom stereocenters. The Morgan fingerprint density at radius 3 is 2.53 bits per heavy atom. The molecule has 1 heterocycles. The van der Waals surface area contributed by atoms with Crippen LogP contribution in [0.25, 0.3) is 0 Å². The Morgan fingerprint density at radius 1 is 1.47 bits per heavy atom. The summed E-state index contributed by atoms with van der Waals surface area (Å²) in [4.78, 5) is 24.3. The second-order valence-electron chi connectivity index (χ2n) is 4.73. The highest BCUT2D eigenvalue weighted by Crippen LogP contribution is 2.19. The summed E-state index contributed by atoms with van der Waals surface area (Å²) in [6, 6.07) is -0.921. The Bertz CT molecular complexity index is 355. The van der Waals surface area contributed by atoms with Crippen molar-refractivity contribution in [1.82, 2.24) is 4.90 Å². The van der Waals surface area contributed by atoms with E-state index in [9.17, 15) is 14.7 Å². The number of amides is 1. The highest BCUT2D eigenvalue weighted by Gasteiger charge is 2.37. The van der Waals surface area contributed by atoms with Crippen LogP contribution in [0.2, 0.25) is 0 Å². The molecule has 0 fully saturated rings. The standard InChI is InChI=1S/C11H17NO5/c1-11(2,3)17-10(15)12-6-7(13)5-8(12)9(14)16-4/h5,8,13H,6H2,1-4H3. The predicted molar refractivity (Wildman–Crippen MR) is 59.5 cm³/mol. The van der Waals surface area contributed by atoms with Gasteiger partial charge in [0.25, 0.3) is 0 Å². The molecule has 1 aliphatic rings. The molecule has 17 heavy (non-hydrogen) atoms. The van der Waals surface area contributed by atoms with Crippen molar-refractivity contribution in [3.05, 3.63) is 11.8 Å². The molecule has 0 radical (unpaired) electrons. The average molecular weight is 243 g/mol. The molecule has 0 aromatic carbocycles. The Hall–Kier alpha value is -1.72. The SMILES string of the molecule is COC(=O)C1C=C(O)CN1C(=O)OC(C)(C)C. The van der Waals surface area contributed by atoms with E-state index in [-0.39, 0.29) is 12.3 Å². The number of hydrogen-bond donors (Lipinski definition) is 1. The van der Waals surface area contributed by atoms with E-state index in [2.05, 4.69) is 4.74 Å². The van der Waals surface area contributed by atoms with E-state index in [4.69, 9.17) is 4.74 Å². The lowest BCUT2D eigenvalue weighted by Gasteiger charge is -2.27. The van der Waals surface area contributed by atoms with Crippen LogP contribution >= 0.6 is 0 Å². The molecule has 96 valence electrons. The van der Waals surface area contributed by atoms with Gasteiger partial charge >= 0.3 is 12.1 Å². The number of aliphatic hydroxyl groups excluding tert-OH is 1. The van der Waals surface area contributed by atoms with Crippen LogP contribution in [-0.4, -0.2) is 47.4 Å². The van der Waals surface area contributed by atoms with Crippen molar-refractivity contribution in [3.63, 3.8) is 0 Å². The van der Waals surface area contributed by atoms with Gasteiger partial charge in [-0.15, -0.1) is 0 Å². The number of carbonyl (C=O) groups is 2. The summed E-state index contributed by atoms with van der Waals surface area (Å²) in [5.41, 5.74) is -0.657. The van der Waals surface area contributed by atoms with Crippen LogP contribution in [0.3, 0.4) is 0 Å². The fourth-order valence-electron chi connectivity index (χ4n) is 1.41. The van der Waals surface area contributed by atoms with Gasteiger partial charge in [-0.05, 0) is 26.8 Å². The van der Waals surface area contributed by atoms with E-state index in [1.54, 1.807) is 20.8 Å². The molecule has 0 saturated carbocycles. The van der Waals surface area contributed by atoms with E-state index in [0.717, 1.165) is 4.90 Å². The molecule has 0 saturated heterocycles. The minimum Gasteiger partial charge on any atom is -0.511 e. The van der Waals surface area contributed by atoms with Crippen molar-refractivity contribution >= 4 is 12.1 Å². The van der Waals surface area contributed by atoms with Gasteiger partial charge in [0.15, 0.2) is 6.04 Å². The van der Waals surface area contributed by atoms with E-state index in [1.807, 2.05) is 0 Å². The molecular weight excluding hydrogens is 226 g/mol. The lowest BCUT2D eigenvalue weighted by atomic mass is 10.2. The molecular formula is C11H17NO5. The Morgan fingerprint density at radius 2 is 2.06 bits per heavy atom. The Kier molecular flexibility index (Phi) is 3.65. The van der Waals surface area contributed by atoms with Gasteiger partial charge in [-0.1, -0.05) is 0 Å². The third-order valence-electron chi connectivity index (χ3n) is 2.09. The first-order valence-electron chi connectivity index (χ1n) is 5.21. The van der Waals surface area contributed by atoms with E-state index in [0.29, 0.717) is 0 Å². The Balaban J connectivity index is 2.77. The zero-order chi connectivity index (χ0) is 13.2. The summed E-state index contributed by atoms with van der Waals surface area (Å²) < 4.78 is 9.68. The van der Waals surface area contributed by atoms with Gasteiger partial charge in [-0.25, -0.2) is 9.59 Å². The van der Waals surface area contributed by atoms with Gasteiger partial charge in [0, 0.05) is 0 Å². The zero-order valence-corrected chi connectivity index (χ0v) is 10.4. The minimum absolute atomic E-state index is 0.0469. The van der Waals surface area contributed by atoms with Crippen LogP contribution in [0.15, 0.2) is 11.8 Å². The molecule has 0 aromatic rings. The summed E-state index contributed by atoms with van der Waals surface area (Å²) >= 11 is 0. The number of hydrogen-bond acceptors (Lipinski definition) is 5. The Labute approximate surface area is 99.8 Å². The number of nitrogens with zero attached hydrogens (tertiary/aromatic N) is 1. The molecule has 1 N–H and O–H groups in total. The quantitative estimate of drug-likeness (QED) is 0.701. The normalized spacial score (nSPS) is 19.9. The van der Waals surface area contributed by atoms with Crippen molar-refractivity contribution in [3.8, 4) is 0 Å². The van der Waals surface area contributed by atoms with Crippen LogP contribution in [0, 0.1) is 0 Å². The molecule has 1 unspecified atom stereocenters. The van der Waals surface area contributed by atoms with Crippen molar-refractivity contribution in [1.29, 1.82) is 0 Å². The fraction of sp³-hybridized carbons (Fsp3) is 0.636. The monoisotopic (exact) mass is 243 g/mol. The minimum atomic E-state index is -0.921. The van der Waals surface area contributed by atoms with Crippen molar-refractivity contribution in [2.75, 3.05) is 13.7 Å². The van der Waals surface area contributed by atoms with Gasteiger partial charge in [0.2, 0.25) is 0 Å². The molecule has 0 bridgehead atoms. The second kappa shape index (κ2) is 4.65. The van der Waals surface area contributed by atoms with Gasteiger partial charge in [0.05, 0.1) is 13.7 Å². The van der Waals surface area contributed by atoms with Crippen LogP contribution in [0.1, 0.15) is 20.8 Å². The van der Waals surface area contributed by atoms with E-state index in [1.165, 1.54) is 13.2 Å². The van der Waals surface area contributed by atoms with Crippen molar-refractivity contribution < 1.29 is 24.2 Å². The number of methoxy groups -OCH3 is 1. The van der Waals surface area contributed by atoms with Gasteiger partial charge < -0.3 is 14.6 Å². The number of ether oxygens (including phenoxy) is 2. The average Bonchev–Trinajstić information content (AvgIpc) is 2.56. The number of esters is 1. The topological polar surface area (TPSA) is 76.1 Å². The maximum atomic E-state index is 11.8. The van der Waals surface area contributed by atoms with Crippen LogP contribution < -0.4 is 0 Å². The first-order valence-corrected chi connectivity index (χ1v) is 5.21. The lowest BCUT2D eigenvalue weighted by Crippen LogP contribution is -2.44. The molecule has 1 amide bonds. The maximum Gasteiger partial charge on any atom is 0.411 e. The van der Waals surface area contributed by atoms with Gasteiger partial charge in [0.1, 0.15) is 11.4 Å². The van der Waals surface area contributed by atoms with Crippen LogP contribution in [0.4, 0.5) is 4.79 Å². The number of aliphatic hydroxyl groups is 1. The smallest absolute Gasteiger partial charge is 0.411 e. The second-order valence-corrected chi connectivity index (χ2v) is 4.73. The lowest BCUT2D eigenvalue weighted by molar-refractivity contribution is -0.144. The number of carbonyl (C=O) groups excluding carboxylic acids is 2. The molecule has 0 spiro atoms. The van der Waals surface area contributed by atoms with E-state index >= 15 is 0 Å². The molecule has 6 heteroatoms. The van der Waals surface area contributed by atoms with Crippen LogP contribution in [-0.2, 0) is 14.3 Å². The summed E-state index contributed by atoms with van der Waals surface area (Å²) in [5.74, 6) is -0.661. The van der Waals surface area contributed by atoms with Crippen LogP contribution in [0.5, 0.6) is 0 Å².